The highest BCUT2D eigenvalue weighted by Crippen LogP contribution is 2.28. The SMILES string of the molecule is O=C(NC1CN2CCC1CC2)c1ccnc2[nH]c(-c3ccc(F)cc3)nc12. The van der Waals surface area contributed by atoms with Crippen LogP contribution < -0.4 is 5.32 Å². The molecule has 27 heavy (non-hydrogen) atoms. The summed E-state index contributed by atoms with van der Waals surface area (Å²) in [6.45, 7) is 3.19. The lowest BCUT2D eigenvalue weighted by Gasteiger charge is -2.44. The van der Waals surface area contributed by atoms with Crippen LogP contribution in [0.4, 0.5) is 4.39 Å². The van der Waals surface area contributed by atoms with Gasteiger partial charge in [-0.1, -0.05) is 0 Å². The molecule has 6 rings (SSSR count). The molecule has 3 aliphatic heterocycles. The first-order chi connectivity index (χ1) is 13.2. The Morgan fingerprint density at radius 2 is 1.96 bits per heavy atom. The molecule has 0 saturated carbocycles. The molecular weight excluding hydrogens is 345 g/mol. The Hall–Kier alpha value is -2.80. The number of rotatable bonds is 3. The Morgan fingerprint density at radius 1 is 1.19 bits per heavy atom. The van der Waals surface area contributed by atoms with Gasteiger partial charge in [-0.15, -0.1) is 0 Å². The molecule has 7 heteroatoms. The third-order valence-corrected chi connectivity index (χ3v) is 5.72. The van der Waals surface area contributed by atoms with Crippen molar-refractivity contribution in [2.75, 3.05) is 19.6 Å². The Kier molecular flexibility index (Phi) is 3.89. The number of hydrogen-bond acceptors (Lipinski definition) is 4. The largest absolute Gasteiger partial charge is 0.348 e. The average molecular weight is 365 g/mol. The van der Waals surface area contributed by atoms with Crippen LogP contribution in [0, 0.1) is 11.7 Å². The fraction of sp³-hybridized carbons (Fsp3) is 0.350. The number of carbonyl (C=O) groups is 1. The highest BCUT2D eigenvalue weighted by molar-refractivity contribution is 6.04. The molecule has 2 bridgehead atoms. The number of pyridine rings is 1. The molecule has 5 heterocycles. The van der Waals surface area contributed by atoms with Gasteiger partial charge in [0.1, 0.15) is 17.2 Å². The summed E-state index contributed by atoms with van der Waals surface area (Å²) in [4.78, 5) is 27.3. The summed E-state index contributed by atoms with van der Waals surface area (Å²) in [5, 5.41) is 3.20. The second kappa shape index (κ2) is 6.42. The van der Waals surface area contributed by atoms with Crippen molar-refractivity contribution in [2.45, 2.75) is 18.9 Å². The number of aromatic nitrogens is 3. The number of H-pyrrole nitrogens is 1. The number of imidazole rings is 1. The molecule has 1 atom stereocenters. The van der Waals surface area contributed by atoms with Crippen LogP contribution in [-0.2, 0) is 0 Å². The standard InChI is InChI=1S/C20H20FN5O/c21-14-3-1-13(2-4-14)18-24-17-15(5-8-22-19(17)25-18)20(27)23-16-11-26-9-6-12(16)7-10-26/h1-5,8,12,16H,6-7,9-11H2,(H,23,27)(H,22,24,25). The van der Waals surface area contributed by atoms with Crippen molar-refractivity contribution in [3.63, 3.8) is 0 Å². The van der Waals surface area contributed by atoms with Crippen LogP contribution in [0.2, 0.25) is 0 Å². The van der Waals surface area contributed by atoms with Crippen molar-refractivity contribution in [1.82, 2.24) is 25.2 Å². The van der Waals surface area contributed by atoms with Gasteiger partial charge in [-0.2, -0.15) is 0 Å². The van der Waals surface area contributed by atoms with Gasteiger partial charge >= 0.3 is 0 Å². The van der Waals surface area contributed by atoms with Crippen LogP contribution in [0.1, 0.15) is 23.2 Å². The van der Waals surface area contributed by atoms with E-state index in [1.54, 1.807) is 24.4 Å². The van der Waals surface area contributed by atoms with Crippen LogP contribution in [0.25, 0.3) is 22.6 Å². The summed E-state index contributed by atoms with van der Waals surface area (Å²) in [5.74, 6) is 0.717. The van der Waals surface area contributed by atoms with Crippen molar-refractivity contribution >= 4 is 17.1 Å². The van der Waals surface area contributed by atoms with E-state index in [-0.39, 0.29) is 17.8 Å². The molecule has 3 fully saturated rings. The van der Waals surface area contributed by atoms with Crippen molar-refractivity contribution in [1.29, 1.82) is 0 Å². The first-order valence-corrected chi connectivity index (χ1v) is 9.31. The molecule has 0 spiro atoms. The minimum absolute atomic E-state index is 0.113. The number of aromatic amines is 1. The fourth-order valence-electron chi connectivity index (χ4n) is 4.21. The molecule has 3 aliphatic rings. The van der Waals surface area contributed by atoms with Crippen molar-refractivity contribution in [3.05, 3.63) is 47.9 Å². The number of piperidine rings is 3. The smallest absolute Gasteiger partial charge is 0.253 e. The lowest BCUT2D eigenvalue weighted by molar-refractivity contribution is 0.0621. The van der Waals surface area contributed by atoms with Gasteiger partial charge in [0.15, 0.2) is 5.65 Å². The predicted molar refractivity (Wildman–Crippen MR) is 99.7 cm³/mol. The Balaban J connectivity index is 1.44. The summed E-state index contributed by atoms with van der Waals surface area (Å²) < 4.78 is 13.2. The van der Waals surface area contributed by atoms with Gasteiger partial charge in [-0.25, -0.2) is 14.4 Å². The first-order valence-electron chi connectivity index (χ1n) is 9.31. The zero-order valence-corrected chi connectivity index (χ0v) is 14.8. The highest BCUT2D eigenvalue weighted by Gasteiger charge is 2.35. The van der Waals surface area contributed by atoms with Crippen LogP contribution >= 0.6 is 0 Å². The molecular formula is C20H20FN5O. The van der Waals surface area contributed by atoms with E-state index >= 15 is 0 Å². The molecule has 0 radical (unpaired) electrons. The molecule has 1 unspecified atom stereocenters. The molecule has 6 nitrogen and oxygen atoms in total. The summed E-state index contributed by atoms with van der Waals surface area (Å²) >= 11 is 0. The predicted octanol–water partition coefficient (Wildman–Crippen LogP) is 2.59. The lowest BCUT2D eigenvalue weighted by Crippen LogP contribution is -2.57. The summed E-state index contributed by atoms with van der Waals surface area (Å²) in [6.07, 6.45) is 3.90. The monoisotopic (exact) mass is 365 g/mol. The first kappa shape index (κ1) is 16.4. The molecule has 1 amide bonds. The zero-order chi connectivity index (χ0) is 18.4. The van der Waals surface area contributed by atoms with Gasteiger partial charge in [0.2, 0.25) is 0 Å². The fourth-order valence-corrected chi connectivity index (χ4v) is 4.21. The zero-order valence-electron chi connectivity index (χ0n) is 14.8. The van der Waals surface area contributed by atoms with E-state index in [9.17, 15) is 9.18 Å². The maximum absolute atomic E-state index is 13.2. The van der Waals surface area contributed by atoms with E-state index in [1.165, 1.54) is 12.1 Å². The second-order valence-electron chi connectivity index (χ2n) is 7.37. The molecule has 3 aromatic rings. The number of amides is 1. The van der Waals surface area contributed by atoms with Gasteiger partial charge in [0, 0.05) is 24.3 Å². The topological polar surface area (TPSA) is 73.9 Å². The molecule has 1 aromatic carbocycles. The molecule has 3 saturated heterocycles. The Labute approximate surface area is 155 Å². The third-order valence-electron chi connectivity index (χ3n) is 5.72. The van der Waals surface area contributed by atoms with E-state index < -0.39 is 0 Å². The average Bonchev–Trinajstić information content (AvgIpc) is 3.13. The molecule has 0 aliphatic carbocycles. The van der Waals surface area contributed by atoms with Crippen LogP contribution in [0.15, 0.2) is 36.5 Å². The maximum atomic E-state index is 13.2. The summed E-state index contributed by atoms with van der Waals surface area (Å²) in [5.41, 5.74) is 2.35. The minimum atomic E-state index is -0.300. The third kappa shape index (κ3) is 2.98. The maximum Gasteiger partial charge on any atom is 0.253 e. The van der Waals surface area contributed by atoms with Crippen LogP contribution in [0.3, 0.4) is 0 Å². The van der Waals surface area contributed by atoms with Crippen molar-refractivity contribution in [3.8, 4) is 11.4 Å². The van der Waals surface area contributed by atoms with Gasteiger partial charge in [0.25, 0.3) is 5.91 Å². The number of nitrogens with one attached hydrogen (secondary N) is 2. The highest BCUT2D eigenvalue weighted by atomic mass is 19.1. The van der Waals surface area contributed by atoms with E-state index in [4.69, 9.17) is 0 Å². The van der Waals surface area contributed by atoms with Gasteiger partial charge in [-0.3, -0.25) is 4.79 Å². The number of nitrogens with zero attached hydrogens (tertiary/aromatic N) is 3. The number of halogens is 1. The lowest BCUT2D eigenvalue weighted by atomic mass is 9.84. The van der Waals surface area contributed by atoms with Crippen molar-refractivity contribution < 1.29 is 9.18 Å². The van der Waals surface area contributed by atoms with E-state index in [0.717, 1.165) is 38.0 Å². The normalized spacial score (nSPS) is 24.3. The number of hydrogen-bond donors (Lipinski definition) is 2. The minimum Gasteiger partial charge on any atom is -0.348 e. The molecule has 2 N–H and O–H groups in total. The Bertz CT molecular complexity index is 991. The number of carbonyl (C=O) groups excluding carboxylic acids is 1. The van der Waals surface area contributed by atoms with Gasteiger partial charge < -0.3 is 15.2 Å². The van der Waals surface area contributed by atoms with Crippen LogP contribution in [0.5, 0.6) is 0 Å². The quantitative estimate of drug-likeness (QED) is 0.748. The summed E-state index contributed by atoms with van der Waals surface area (Å²) in [7, 11) is 0. The van der Waals surface area contributed by atoms with E-state index in [2.05, 4.69) is 25.2 Å². The molecule has 138 valence electrons. The van der Waals surface area contributed by atoms with Crippen LogP contribution in [-0.4, -0.2) is 51.4 Å². The van der Waals surface area contributed by atoms with E-state index in [1.807, 2.05) is 0 Å². The molecule has 2 aromatic heterocycles. The van der Waals surface area contributed by atoms with Gasteiger partial charge in [0.05, 0.1) is 5.56 Å². The summed E-state index contributed by atoms with van der Waals surface area (Å²) in [6, 6.07) is 7.97. The number of benzene rings is 1. The Morgan fingerprint density at radius 3 is 2.67 bits per heavy atom. The van der Waals surface area contributed by atoms with Gasteiger partial charge in [-0.05, 0) is 62.2 Å². The number of fused-ring (bicyclic) bond motifs is 4. The van der Waals surface area contributed by atoms with Crippen molar-refractivity contribution in [2.24, 2.45) is 5.92 Å². The van der Waals surface area contributed by atoms with E-state index in [0.29, 0.717) is 28.5 Å². The second-order valence-corrected chi connectivity index (χ2v) is 7.37.